The molecule has 1 unspecified atom stereocenters. The number of hydrogen-bond acceptors (Lipinski definition) is 2. The Kier molecular flexibility index (Phi) is 5.07. The van der Waals surface area contributed by atoms with Crippen LogP contribution < -0.4 is 5.73 Å². The van der Waals surface area contributed by atoms with Crippen LogP contribution in [0.1, 0.15) is 38.2 Å². The highest BCUT2D eigenvalue weighted by Crippen LogP contribution is 2.33. The van der Waals surface area contributed by atoms with E-state index in [9.17, 15) is 4.39 Å². The van der Waals surface area contributed by atoms with E-state index in [4.69, 9.17) is 5.73 Å². The minimum Gasteiger partial charge on any atom is -0.328 e. The second-order valence-corrected chi connectivity index (χ2v) is 6.42. The van der Waals surface area contributed by atoms with Crippen molar-refractivity contribution < 1.29 is 4.39 Å². The van der Waals surface area contributed by atoms with Gasteiger partial charge in [0.25, 0.3) is 0 Å². The van der Waals surface area contributed by atoms with Crippen LogP contribution in [-0.4, -0.2) is 11.8 Å². The average Bonchev–Trinajstić information content (AvgIpc) is 2.82. The molecule has 0 heterocycles. The third-order valence-corrected chi connectivity index (χ3v) is 4.88. The van der Waals surface area contributed by atoms with Gasteiger partial charge in [-0.05, 0) is 44.2 Å². The zero-order valence-corrected chi connectivity index (χ0v) is 11.8. The predicted octanol–water partition coefficient (Wildman–Crippen LogP) is 4.00. The second-order valence-electron chi connectivity index (χ2n) is 5.36. The molecule has 0 amide bonds. The molecule has 1 aromatic carbocycles. The first-order chi connectivity index (χ1) is 8.66. The van der Waals surface area contributed by atoms with Gasteiger partial charge in [0.15, 0.2) is 0 Å². The number of thioether (sulfide) groups is 1. The third-order valence-electron chi connectivity index (χ3n) is 3.55. The van der Waals surface area contributed by atoms with Crippen molar-refractivity contribution in [3.8, 4) is 0 Å². The maximum atomic E-state index is 13.8. The Morgan fingerprint density at radius 3 is 2.78 bits per heavy atom. The Bertz CT molecular complexity index is 386. The van der Waals surface area contributed by atoms with Gasteiger partial charge in [0.05, 0.1) is 0 Å². The van der Waals surface area contributed by atoms with E-state index >= 15 is 0 Å². The van der Waals surface area contributed by atoms with Gasteiger partial charge in [-0.15, -0.1) is 11.8 Å². The van der Waals surface area contributed by atoms with Crippen molar-refractivity contribution in [1.82, 2.24) is 0 Å². The Morgan fingerprint density at radius 1 is 1.39 bits per heavy atom. The molecule has 1 nitrogen and oxygen atoms in total. The molecule has 1 aliphatic carbocycles. The lowest BCUT2D eigenvalue weighted by molar-refractivity contribution is 0.588. The van der Waals surface area contributed by atoms with E-state index in [1.807, 2.05) is 13.0 Å². The van der Waals surface area contributed by atoms with Gasteiger partial charge in [0, 0.05) is 22.3 Å². The van der Waals surface area contributed by atoms with Crippen LogP contribution in [0.4, 0.5) is 4.39 Å². The Labute approximate surface area is 113 Å². The van der Waals surface area contributed by atoms with E-state index in [2.05, 4.69) is 0 Å². The fourth-order valence-corrected chi connectivity index (χ4v) is 3.86. The maximum absolute atomic E-state index is 13.8. The van der Waals surface area contributed by atoms with Gasteiger partial charge in [-0.1, -0.05) is 18.9 Å². The van der Waals surface area contributed by atoms with Crippen LogP contribution in [0.25, 0.3) is 0 Å². The number of hydrogen-bond donors (Lipinski definition) is 1. The van der Waals surface area contributed by atoms with Crippen LogP contribution in [0.3, 0.4) is 0 Å². The molecule has 1 saturated carbocycles. The molecule has 0 radical (unpaired) electrons. The highest BCUT2D eigenvalue weighted by molar-refractivity contribution is 7.99. The fourth-order valence-electron chi connectivity index (χ4n) is 2.58. The van der Waals surface area contributed by atoms with Crippen molar-refractivity contribution in [3.05, 3.63) is 29.6 Å². The molecule has 0 aliphatic heterocycles. The molecule has 2 rings (SSSR count). The summed E-state index contributed by atoms with van der Waals surface area (Å²) in [6.07, 6.45) is 6.03. The van der Waals surface area contributed by atoms with Crippen molar-refractivity contribution in [2.24, 2.45) is 11.7 Å². The monoisotopic (exact) mass is 267 g/mol. The highest BCUT2D eigenvalue weighted by Gasteiger charge is 2.17. The average molecular weight is 267 g/mol. The topological polar surface area (TPSA) is 26.0 Å². The van der Waals surface area contributed by atoms with Crippen LogP contribution in [0, 0.1) is 11.7 Å². The van der Waals surface area contributed by atoms with Crippen molar-refractivity contribution in [2.45, 2.75) is 50.0 Å². The van der Waals surface area contributed by atoms with Crippen molar-refractivity contribution in [3.63, 3.8) is 0 Å². The van der Waals surface area contributed by atoms with E-state index in [1.165, 1.54) is 31.7 Å². The van der Waals surface area contributed by atoms with Crippen LogP contribution >= 0.6 is 11.8 Å². The van der Waals surface area contributed by atoms with Gasteiger partial charge in [-0.25, -0.2) is 4.39 Å². The summed E-state index contributed by atoms with van der Waals surface area (Å²) in [6.45, 7) is 1.93. The summed E-state index contributed by atoms with van der Waals surface area (Å²) in [5, 5.41) is 0. The van der Waals surface area contributed by atoms with Crippen LogP contribution in [0.5, 0.6) is 0 Å². The standard InChI is InChI=1S/C15H22FNS/c1-11(17)9-13-14(16)7-4-8-15(13)18-10-12-5-2-3-6-12/h4,7-8,11-12H,2-3,5-6,9-10,17H2,1H3. The summed E-state index contributed by atoms with van der Waals surface area (Å²) in [5.41, 5.74) is 6.61. The Morgan fingerprint density at radius 2 is 2.11 bits per heavy atom. The minimum absolute atomic E-state index is 0.00716. The van der Waals surface area contributed by atoms with E-state index in [0.717, 1.165) is 22.1 Å². The lowest BCUT2D eigenvalue weighted by Gasteiger charge is -2.14. The summed E-state index contributed by atoms with van der Waals surface area (Å²) in [4.78, 5) is 1.08. The van der Waals surface area contributed by atoms with E-state index in [0.29, 0.717) is 6.42 Å². The molecule has 0 saturated heterocycles. The molecule has 1 aromatic rings. The molecule has 1 atom stereocenters. The normalized spacial score (nSPS) is 18.2. The lowest BCUT2D eigenvalue weighted by Crippen LogP contribution is -2.19. The number of rotatable bonds is 5. The summed E-state index contributed by atoms with van der Waals surface area (Å²) < 4.78 is 13.8. The van der Waals surface area contributed by atoms with E-state index < -0.39 is 0 Å². The van der Waals surface area contributed by atoms with Gasteiger partial charge in [0.1, 0.15) is 5.82 Å². The molecule has 100 valence electrons. The van der Waals surface area contributed by atoms with E-state index in [1.54, 1.807) is 17.8 Å². The van der Waals surface area contributed by atoms with Crippen LogP contribution in [0.15, 0.2) is 23.1 Å². The summed E-state index contributed by atoms with van der Waals surface area (Å²) in [5.74, 6) is 1.83. The molecule has 3 heteroatoms. The number of benzene rings is 1. The van der Waals surface area contributed by atoms with Gasteiger partial charge in [-0.3, -0.25) is 0 Å². The first-order valence-electron chi connectivity index (χ1n) is 6.82. The molecule has 18 heavy (non-hydrogen) atoms. The largest absolute Gasteiger partial charge is 0.328 e. The quantitative estimate of drug-likeness (QED) is 0.816. The molecule has 0 aromatic heterocycles. The molecule has 2 N–H and O–H groups in total. The molecule has 0 bridgehead atoms. The fraction of sp³-hybridized carbons (Fsp3) is 0.600. The van der Waals surface area contributed by atoms with Gasteiger partial charge >= 0.3 is 0 Å². The van der Waals surface area contributed by atoms with Crippen molar-refractivity contribution in [2.75, 3.05) is 5.75 Å². The van der Waals surface area contributed by atoms with Crippen molar-refractivity contribution in [1.29, 1.82) is 0 Å². The van der Waals surface area contributed by atoms with E-state index in [-0.39, 0.29) is 11.9 Å². The zero-order chi connectivity index (χ0) is 13.0. The zero-order valence-electron chi connectivity index (χ0n) is 11.0. The number of halogens is 1. The smallest absolute Gasteiger partial charge is 0.127 e. The first kappa shape index (κ1) is 13.9. The van der Waals surface area contributed by atoms with Crippen LogP contribution in [0.2, 0.25) is 0 Å². The van der Waals surface area contributed by atoms with Gasteiger partial charge in [0.2, 0.25) is 0 Å². The number of nitrogens with two attached hydrogens (primary N) is 1. The Hall–Kier alpha value is -0.540. The van der Waals surface area contributed by atoms with Gasteiger partial charge in [-0.2, -0.15) is 0 Å². The predicted molar refractivity (Wildman–Crippen MR) is 76.4 cm³/mol. The first-order valence-corrected chi connectivity index (χ1v) is 7.81. The second kappa shape index (κ2) is 6.58. The molecule has 1 fully saturated rings. The molecule has 0 spiro atoms. The minimum atomic E-state index is -0.108. The SMILES string of the molecule is CC(N)Cc1c(F)cccc1SCC1CCCC1. The van der Waals surface area contributed by atoms with Crippen molar-refractivity contribution >= 4 is 11.8 Å². The summed E-state index contributed by atoms with van der Waals surface area (Å²) >= 11 is 1.80. The molecular formula is C15H22FNS. The van der Waals surface area contributed by atoms with Crippen LogP contribution in [-0.2, 0) is 6.42 Å². The maximum Gasteiger partial charge on any atom is 0.127 e. The summed E-state index contributed by atoms with van der Waals surface area (Å²) in [6, 6.07) is 5.38. The lowest BCUT2D eigenvalue weighted by atomic mass is 10.1. The highest BCUT2D eigenvalue weighted by atomic mass is 32.2. The third kappa shape index (κ3) is 3.72. The summed E-state index contributed by atoms with van der Waals surface area (Å²) in [7, 11) is 0. The van der Waals surface area contributed by atoms with Gasteiger partial charge < -0.3 is 5.73 Å². The molecule has 1 aliphatic rings. The molecular weight excluding hydrogens is 245 g/mol. The Balaban J connectivity index is 2.03.